The molecule has 4 rings (SSSR count). The number of carbonyl (C=O) groups is 1. The van der Waals surface area contributed by atoms with Crippen LogP contribution < -0.4 is 0 Å². The molecule has 5 heteroatoms. The molecule has 1 aromatic heterocycles. The average molecular weight is 437 g/mol. The van der Waals surface area contributed by atoms with Gasteiger partial charge in [-0.15, -0.1) is 0 Å². The van der Waals surface area contributed by atoms with Gasteiger partial charge in [0.25, 0.3) is 0 Å². The Balaban J connectivity index is 1.84. The normalized spacial score (nSPS) is 17.0. The summed E-state index contributed by atoms with van der Waals surface area (Å²) in [4.78, 5) is 18.4. The third-order valence-electron chi connectivity index (χ3n) is 6.77. The molecule has 0 aliphatic carbocycles. The summed E-state index contributed by atoms with van der Waals surface area (Å²) in [6.45, 7) is 7.00. The second-order valence-corrected chi connectivity index (χ2v) is 8.87. The first-order valence-corrected chi connectivity index (χ1v) is 11.4. The summed E-state index contributed by atoms with van der Waals surface area (Å²) in [5, 5.41) is 13.8. The molecule has 2 aromatic carbocycles. The van der Waals surface area contributed by atoms with E-state index >= 15 is 0 Å². The van der Waals surface area contributed by atoms with Gasteiger partial charge in [-0.1, -0.05) is 54.9 Å². The van der Waals surface area contributed by atoms with E-state index < -0.39 is 5.60 Å². The zero-order chi connectivity index (χ0) is 22.2. The maximum Gasteiger partial charge on any atom is 0.219 e. The zero-order valence-electron chi connectivity index (χ0n) is 18.4. The number of piperidine rings is 1. The van der Waals surface area contributed by atoms with Gasteiger partial charge in [0.1, 0.15) is 5.60 Å². The van der Waals surface area contributed by atoms with Crippen molar-refractivity contribution in [3.05, 3.63) is 75.9 Å². The fourth-order valence-corrected chi connectivity index (χ4v) is 5.15. The fraction of sp³-hybridized carbons (Fsp3) is 0.385. The minimum absolute atomic E-state index is 0.00861. The lowest BCUT2D eigenvalue weighted by Crippen LogP contribution is -2.45. The van der Waals surface area contributed by atoms with Crippen LogP contribution in [0.4, 0.5) is 0 Å². The molecule has 0 bridgehead atoms. The van der Waals surface area contributed by atoms with E-state index in [1.165, 1.54) is 0 Å². The quantitative estimate of drug-likeness (QED) is 0.607. The first-order chi connectivity index (χ1) is 14.9. The van der Waals surface area contributed by atoms with E-state index in [2.05, 4.69) is 6.92 Å². The number of benzene rings is 2. The van der Waals surface area contributed by atoms with Gasteiger partial charge in [0.05, 0.1) is 10.5 Å². The van der Waals surface area contributed by atoms with E-state index in [9.17, 15) is 9.90 Å². The van der Waals surface area contributed by atoms with E-state index in [-0.39, 0.29) is 11.8 Å². The number of carbonyl (C=O) groups excluding carboxylic acids is 1. The smallest absolute Gasteiger partial charge is 0.219 e. The highest BCUT2D eigenvalue weighted by Gasteiger charge is 2.42. The Kier molecular flexibility index (Phi) is 6.05. The molecule has 1 aliphatic rings. The molecule has 1 saturated heterocycles. The molecule has 1 amide bonds. The van der Waals surface area contributed by atoms with Gasteiger partial charge in [-0.2, -0.15) is 0 Å². The first kappa shape index (κ1) is 21.8. The van der Waals surface area contributed by atoms with Crippen LogP contribution in [0.15, 0.2) is 48.5 Å². The summed E-state index contributed by atoms with van der Waals surface area (Å²) >= 11 is 6.75. The maximum absolute atomic E-state index is 12.3. The Hall–Kier alpha value is -2.43. The van der Waals surface area contributed by atoms with E-state index in [1.54, 1.807) is 6.92 Å². The maximum atomic E-state index is 12.3. The molecule has 1 N–H and O–H groups in total. The number of hydrogen-bond acceptors (Lipinski definition) is 3. The number of nitrogens with zero attached hydrogens (tertiary/aromatic N) is 2. The second kappa shape index (κ2) is 8.60. The Morgan fingerprint density at radius 3 is 2.45 bits per heavy atom. The Morgan fingerprint density at radius 2 is 1.84 bits per heavy atom. The van der Waals surface area contributed by atoms with Crippen LogP contribution in [0.5, 0.6) is 0 Å². The molecular formula is C26H29ClN2O2. The van der Waals surface area contributed by atoms with Gasteiger partial charge in [0.2, 0.25) is 5.91 Å². The summed E-state index contributed by atoms with van der Waals surface area (Å²) in [6, 6.07) is 15.8. The average Bonchev–Trinajstić information content (AvgIpc) is 2.81. The van der Waals surface area contributed by atoms with Crippen LogP contribution in [0.25, 0.3) is 10.9 Å². The van der Waals surface area contributed by atoms with Gasteiger partial charge in [-0.05, 0) is 60.9 Å². The molecule has 4 nitrogen and oxygen atoms in total. The molecule has 0 radical (unpaired) electrons. The molecule has 31 heavy (non-hydrogen) atoms. The highest BCUT2D eigenvalue weighted by Crippen LogP contribution is 2.43. The number of halogens is 1. The van der Waals surface area contributed by atoms with Gasteiger partial charge in [0, 0.05) is 31.1 Å². The predicted molar refractivity (Wildman–Crippen MR) is 125 cm³/mol. The van der Waals surface area contributed by atoms with E-state index in [0.717, 1.165) is 52.5 Å². The first-order valence-electron chi connectivity index (χ1n) is 11.0. The minimum Gasteiger partial charge on any atom is -0.380 e. The molecule has 3 aromatic rings. The zero-order valence-corrected chi connectivity index (χ0v) is 19.1. The molecule has 162 valence electrons. The summed E-state index contributed by atoms with van der Waals surface area (Å²) in [5.74, 6) is 0.0816. The number of aromatic nitrogens is 1. The molecule has 0 saturated carbocycles. The second-order valence-electron chi connectivity index (χ2n) is 8.50. The summed E-state index contributed by atoms with van der Waals surface area (Å²) < 4.78 is 0. The van der Waals surface area contributed by atoms with Gasteiger partial charge >= 0.3 is 0 Å². The standard InChI is InChI=1S/C26H29ClN2O2/c1-4-23-17(2)25(27)22-16-21(10-11-24(22)28-23)26(31,19-8-6-5-7-9-19)20-12-14-29(15-13-20)18(3)30/h5-11,16,20,31H,4,12-15H2,1-3H3. The topological polar surface area (TPSA) is 53.4 Å². The van der Waals surface area contributed by atoms with Crippen LogP contribution in [-0.2, 0) is 16.8 Å². The van der Waals surface area contributed by atoms with Crippen molar-refractivity contribution in [1.82, 2.24) is 9.88 Å². The third kappa shape index (κ3) is 3.83. The van der Waals surface area contributed by atoms with Crippen LogP contribution in [0, 0.1) is 12.8 Å². The number of aliphatic hydroxyl groups is 1. The number of hydrogen-bond donors (Lipinski definition) is 1. The van der Waals surface area contributed by atoms with Crippen molar-refractivity contribution in [2.75, 3.05) is 13.1 Å². The highest BCUT2D eigenvalue weighted by atomic mass is 35.5. The molecule has 1 atom stereocenters. The minimum atomic E-state index is -1.17. The van der Waals surface area contributed by atoms with Crippen molar-refractivity contribution in [3.63, 3.8) is 0 Å². The summed E-state index contributed by atoms with van der Waals surface area (Å²) in [7, 11) is 0. The molecule has 0 spiro atoms. The van der Waals surface area contributed by atoms with Gasteiger partial charge in [0.15, 0.2) is 0 Å². The van der Waals surface area contributed by atoms with Crippen molar-refractivity contribution in [2.45, 2.75) is 45.6 Å². The number of amides is 1. The van der Waals surface area contributed by atoms with Crippen LogP contribution >= 0.6 is 11.6 Å². The van der Waals surface area contributed by atoms with Gasteiger partial charge < -0.3 is 10.0 Å². The number of pyridine rings is 1. The molecule has 1 fully saturated rings. The van der Waals surface area contributed by atoms with Crippen molar-refractivity contribution >= 4 is 28.4 Å². The molecule has 1 aliphatic heterocycles. The van der Waals surface area contributed by atoms with Crippen molar-refractivity contribution < 1.29 is 9.90 Å². The van der Waals surface area contributed by atoms with Crippen molar-refractivity contribution in [1.29, 1.82) is 0 Å². The molecular weight excluding hydrogens is 408 g/mol. The lowest BCUT2D eigenvalue weighted by atomic mass is 9.72. The van der Waals surface area contributed by atoms with Crippen LogP contribution in [-0.4, -0.2) is 34.0 Å². The van der Waals surface area contributed by atoms with Crippen LogP contribution in [0.3, 0.4) is 0 Å². The summed E-state index contributed by atoms with van der Waals surface area (Å²) in [6.07, 6.45) is 2.30. The lowest BCUT2D eigenvalue weighted by Gasteiger charge is -2.42. The molecule has 2 heterocycles. The van der Waals surface area contributed by atoms with Crippen LogP contribution in [0.2, 0.25) is 5.02 Å². The Morgan fingerprint density at radius 1 is 1.16 bits per heavy atom. The van der Waals surface area contributed by atoms with Gasteiger partial charge in [-0.25, -0.2) is 0 Å². The SMILES string of the molecule is CCc1nc2ccc(C(O)(c3ccccc3)C3CCN(C(C)=O)CC3)cc2c(Cl)c1C. The van der Waals surface area contributed by atoms with Crippen LogP contribution in [0.1, 0.15) is 49.1 Å². The summed E-state index contributed by atoms with van der Waals surface area (Å²) in [5.41, 5.74) is 3.35. The predicted octanol–water partition coefficient (Wildman–Crippen LogP) is 5.25. The molecule has 1 unspecified atom stereocenters. The van der Waals surface area contributed by atoms with E-state index in [1.807, 2.05) is 60.4 Å². The Labute approximate surface area is 188 Å². The largest absolute Gasteiger partial charge is 0.380 e. The fourth-order valence-electron chi connectivity index (χ4n) is 4.89. The van der Waals surface area contributed by atoms with Crippen molar-refractivity contribution in [2.24, 2.45) is 5.92 Å². The number of fused-ring (bicyclic) bond motifs is 1. The monoisotopic (exact) mass is 436 g/mol. The van der Waals surface area contributed by atoms with E-state index in [0.29, 0.717) is 18.1 Å². The van der Waals surface area contributed by atoms with Crippen molar-refractivity contribution in [3.8, 4) is 0 Å². The van der Waals surface area contributed by atoms with Gasteiger partial charge in [-0.3, -0.25) is 9.78 Å². The number of aryl methyl sites for hydroxylation is 1. The lowest BCUT2D eigenvalue weighted by molar-refractivity contribution is -0.131. The number of rotatable bonds is 4. The highest BCUT2D eigenvalue weighted by molar-refractivity contribution is 6.36. The number of likely N-dealkylation sites (tertiary alicyclic amines) is 1. The third-order valence-corrected chi connectivity index (χ3v) is 7.26. The van der Waals surface area contributed by atoms with E-state index in [4.69, 9.17) is 16.6 Å². The Bertz CT molecular complexity index is 1110.